The van der Waals surface area contributed by atoms with E-state index >= 15 is 0 Å². The van der Waals surface area contributed by atoms with Crippen LogP contribution in [-0.2, 0) is 0 Å². The fourth-order valence-electron chi connectivity index (χ4n) is 1.51. The Labute approximate surface area is 119 Å². The van der Waals surface area contributed by atoms with E-state index in [1.165, 1.54) is 0 Å². The molecule has 0 fully saturated rings. The summed E-state index contributed by atoms with van der Waals surface area (Å²) in [5.41, 5.74) is -1.93. The Kier molecular flexibility index (Phi) is 5.38. The summed E-state index contributed by atoms with van der Waals surface area (Å²) >= 11 is 5.64. The summed E-state index contributed by atoms with van der Waals surface area (Å²) in [5.74, 6) is -3.72. The molecular weight excluding hydrogens is 294 g/mol. The number of benzene rings is 1. The van der Waals surface area contributed by atoms with Gasteiger partial charge in [-0.3, -0.25) is 14.9 Å². The van der Waals surface area contributed by atoms with E-state index in [1.54, 1.807) is 13.8 Å². The van der Waals surface area contributed by atoms with Crippen molar-refractivity contribution in [1.29, 1.82) is 0 Å². The number of carbonyl (C=O) groups excluding carboxylic acids is 1. The molecule has 8 heteroatoms. The highest BCUT2D eigenvalue weighted by Gasteiger charge is 2.27. The monoisotopic (exact) mass is 306 g/mol. The van der Waals surface area contributed by atoms with Crippen LogP contribution in [0.2, 0.25) is 0 Å². The summed E-state index contributed by atoms with van der Waals surface area (Å²) in [4.78, 5) is 21.4. The van der Waals surface area contributed by atoms with Crippen LogP contribution in [-0.4, -0.2) is 22.8 Å². The second-order valence-corrected chi connectivity index (χ2v) is 4.80. The van der Waals surface area contributed by atoms with Gasteiger partial charge in [-0.25, -0.2) is 4.39 Å². The Morgan fingerprint density at radius 1 is 1.45 bits per heavy atom. The molecule has 0 spiro atoms. The first kappa shape index (κ1) is 16.3. The largest absolute Gasteiger partial charge is 0.348 e. The number of nitro groups is 1. The van der Waals surface area contributed by atoms with Gasteiger partial charge in [0.1, 0.15) is 11.4 Å². The van der Waals surface area contributed by atoms with Crippen LogP contribution < -0.4 is 5.32 Å². The van der Waals surface area contributed by atoms with Crippen molar-refractivity contribution in [2.24, 2.45) is 5.92 Å². The maximum atomic E-state index is 13.8. The fourth-order valence-corrected chi connectivity index (χ4v) is 1.95. The molecule has 0 saturated carbocycles. The maximum absolute atomic E-state index is 13.8. The van der Waals surface area contributed by atoms with Gasteiger partial charge in [-0.15, -0.1) is 11.6 Å². The lowest BCUT2D eigenvalue weighted by atomic mass is 10.1. The molecule has 0 aliphatic heterocycles. The molecule has 5 nitrogen and oxygen atoms in total. The Hall–Kier alpha value is -1.76. The van der Waals surface area contributed by atoms with E-state index in [-0.39, 0.29) is 11.8 Å². The van der Waals surface area contributed by atoms with Crippen LogP contribution in [0.1, 0.15) is 24.2 Å². The van der Waals surface area contributed by atoms with Crippen LogP contribution in [0.3, 0.4) is 0 Å². The van der Waals surface area contributed by atoms with Crippen molar-refractivity contribution in [3.8, 4) is 0 Å². The molecule has 20 heavy (non-hydrogen) atoms. The molecule has 1 atom stereocenters. The fraction of sp³-hybridized carbons (Fsp3) is 0.417. The number of carbonyl (C=O) groups is 1. The Morgan fingerprint density at radius 3 is 2.50 bits per heavy atom. The molecule has 1 aromatic rings. The molecule has 0 aliphatic rings. The van der Waals surface area contributed by atoms with Crippen LogP contribution in [0.4, 0.5) is 14.5 Å². The van der Waals surface area contributed by atoms with Crippen LogP contribution in [0, 0.1) is 27.7 Å². The average Bonchev–Trinajstić information content (AvgIpc) is 2.35. The van der Waals surface area contributed by atoms with Gasteiger partial charge in [-0.05, 0) is 12.0 Å². The standard InChI is InChI=1S/C12H13ClF2N2O3/c1-6(2)8(5-13)16-12(18)10-7(14)3-4-9(11(10)15)17(19)20/h3-4,6,8H,5H2,1-2H3,(H,16,18). The van der Waals surface area contributed by atoms with Crippen molar-refractivity contribution < 1.29 is 18.5 Å². The van der Waals surface area contributed by atoms with Crippen LogP contribution >= 0.6 is 11.6 Å². The second-order valence-electron chi connectivity index (χ2n) is 4.49. The van der Waals surface area contributed by atoms with E-state index in [1.807, 2.05) is 0 Å². The number of halogens is 3. The molecule has 0 bridgehead atoms. The first-order valence-corrected chi connectivity index (χ1v) is 6.32. The normalized spacial score (nSPS) is 12.3. The molecular formula is C12H13ClF2N2O3. The van der Waals surface area contributed by atoms with Crippen molar-refractivity contribution in [2.45, 2.75) is 19.9 Å². The van der Waals surface area contributed by atoms with Gasteiger partial charge in [0, 0.05) is 18.0 Å². The maximum Gasteiger partial charge on any atom is 0.305 e. The quantitative estimate of drug-likeness (QED) is 0.516. The summed E-state index contributed by atoms with van der Waals surface area (Å²) < 4.78 is 27.4. The molecule has 1 amide bonds. The molecule has 1 aromatic carbocycles. The molecule has 0 radical (unpaired) electrons. The van der Waals surface area contributed by atoms with Gasteiger partial charge in [-0.2, -0.15) is 4.39 Å². The molecule has 0 aromatic heterocycles. The minimum Gasteiger partial charge on any atom is -0.348 e. The number of hydrogen-bond acceptors (Lipinski definition) is 3. The zero-order valence-electron chi connectivity index (χ0n) is 10.8. The number of alkyl halides is 1. The average molecular weight is 307 g/mol. The number of hydrogen-bond donors (Lipinski definition) is 1. The van der Waals surface area contributed by atoms with Crippen molar-refractivity contribution in [2.75, 3.05) is 5.88 Å². The lowest BCUT2D eigenvalue weighted by molar-refractivity contribution is -0.387. The third kappa shape index (κ3) is 3.41. The summed E-state index contributed by atoms with van der Waals surface area (Å²) in [6.07, 6.45) is 0. The SMILES string of the molecule is CC(C)C(CCl)NC(=O)c1c(F)ccc([N+](=O)[O-])c1F. The van der Waals surface area contributed by atoms with Crippen LogP contribution in [0.15, 0.2) is 12.1 Å². The highest BCUT2D eigenvalue weighted by molar-refractivity contribution is 6.18. The molecule has 0 aliphatic carbocycles. The van der Waals surface area contributed by atoms with E-state index in [0.29, 0.717) is 12.1 Å². The smallest absolute Gasteiger partial charge is 0.305 e. The lowest BCUT2D eigenvalue weighted by Gasteiger charge is -2.19. The zero-order valence-corrected chi connectivity index (χ0v) is 11.6. The van der Waals surface area contributed by atoms with Crippen molar-refractivity contribution >= 4 is 23.2 Å². The second kappa shape index (κ2) is 6.60. The van der Waals surface area contributed by atoms with E-state index < -0.39 is 39.8 Å². The van der Waals surface area contributed by atoms with Crippen LogP contribution in [0.5, 0.6) is 0 Å². The molecule has 0 saturated heterocycles. The first-order chi connectivity index (χ1) is 9.29. The van der Waals surface area contributed by atoms with E-state index in [4.69, 9.17) is 11.6 Å². The topological polar surface area (TPSA) is 72.2 Å². The highest BCUT2D eigenvalue weighted by atomic mass is 35.5. The summed E-state index contributed by atoms with van der Waals surface area (Å²) in [6.45, 7) is 3.54. The van der Waals surface area contributed by atoms with E-state index in [2.05, 4.69) is 5.32 Å². The number of nitrogens with zero attached hydrogens (tertiary/aromatic N) is 1. The van der Waals surface area contributed by atoms with Gasteiger partial charge < -0.3 is 5.32 Å². The number of nitrogens with one attached hydrogen (secondary N) is 1. The Bertz CT molecular complexity index is 538. The molecule has 0 heterocycles. The predicted molar refractivity (Wildman–Crippen MR) is 69.8 cm³/mol. The number of amides is 1. The minimum atomic E-state index is -1.50. The molecule has 110 valence electrons. The Balaban J connectivity index is 3.16. The molecule has 1 rings (SSSR count). The third-order valence-corrected chi connectivity index (χ3v) is 3.11. The number of nitro benzene ring substituents is 1. The minimum absolute atomic E-state index is 0.0544. The zero-order chi connectivity index (χ0) is 15.4. The van der Waals surface area contributed by atoms with E-state index in [0.717, 1.165) is 0 Å². The molecule has 1 N–H and O–H groups in total. The lowest BCUT2D eigenvalue weighted by Crippen LogP contribution is -2.40. The van der Waals surface area contributed by atoms with Crippen molar-refractivity contribution in [1.82, 2.24) is 5.32 Å². The first-order valence-electron chi connectivity index (χ1n) is 5.78. The van der Waals surface area contributed by atoms with Gasteiger partial charge in [0.15, 0.2) is 0 Å². The van der Waals surface area contributed by atoms with Crippen LogP contribution in [0.25, 0.3) is 0 Å². The van der Waals surface area contributed by atoms with E-state index in [9.17, 15) is 23.7 Å². The summed E-state index contributed by atoms with van der Waals surface area (Å²) in [6, 6.07) is 0.853. The highest BCUT2D eigenvalue weighted by Crippen LogP contribution is 2.23. The van der Waals surface area contributed by atoms with Gasteiger partial charge in [0.05, 0.1) is 4.92 Å². The third-order valence-electron chi connectivity index (χ3n) is 2.78. The van der Waals surface area contributed by atoms with Gasteiger partial charge in [-0.1, -0.05) is 13.8 Å². The number of rotatable bonds is 5. The predicted octanol–water partition coefficient (Wildman–Crippen LogP) is 2.87. The van der Waals surface area contributed by atoms with Gasteiger partial charge in [0.25, 0.3) is 5.91 Å². The van der Waals surface area contributed by atoms with Crippen molar-refractivity contribution in [3.05, 3.63) is 39.4 Å². The summed E-state index contributed by atoms with van der Waals surface area (Å²) in [5, 5.41) is 12.9. The molecule has 1 unspecified atom stereocenters. The Morgan fingerprint density at radius 2 is 2.05 bits per heavy atom. The van der Waals surface area contributed by atoms with Crippen molar-refractivity contribution in [3.63, 3.8) is 0 Å². The summed E-state index contributed by atoms with van der Waals surface area (Å²) in [7, 11) is 0. The van der Waals surface area contributed by atoms with Gasteiger partial charge >= 0.3 is 5.69 Å². The van der Waals surface area contributed by atoms with Gasteiger partial charge in [0.2, 0.25) is 5.82 Å².